The largest absolute Gasteiger partial charge is 0.357 e. The second-order valence-electron chi connectivity index (χ2n) is 4.06. The Kier molecular flexibility index (Phi) is 5.13. The molecule has 21 heavy (non-hydrogen) atoms. The van der Waals surface area contributed by atoms with Crippen molar-refractivity contribution >= 4 is 23.2 Å². The molecule has 0 radical (unpaired) electrons. The van der Waals surface area contributed by atoms with Crippen LogP contribution in [-0.2, 0) is 4.79 Å². The monoisotopic (exact) mass is 299 g/mol. The smallest absolute Gasteiger partial charge is 0.285 e. The Morgan fingerprint density at radius 2 is 2.05 bits per heavy atom. The zero-order valence-corrected chi connectivity index (χ0v) is 11.3. The zero-order valence-electron chi connectivity index (χ0n) is 11.3. The highest BCUT2D eigenvalue weighted by Gasteiger charge is 2.25. The fourth-order valence-electron chi connectivity index (χ4n) is 1.56. The van der Waals surface area contributed by atoms with Crippen LogP contribution in [-0.4, -0.2) is 29.8 Å². The molecule has 5 N–H and O–H groups in total. The summed E-state index contributed by atoms with van der Waals surface area (Å²) in [6.07, 6.45) is 0. The van der Waals surface area contributed by atoms with Gasteiger partial charge in [0.25, 0.3) is 11.6 Å². The molecule has 1 rings (SSSR count). The standard InChI is InChI=1S/C11H14FN5O4/c1-5(10(18)14-2)15-11(19)6-3-8(16-13)7(12)4-9(6)17(20)21/h3-5,16H,13H2,1-2H3,(H,14,18)(H,15,19). The molecule has 1 atom stereocenters. The Morgan fingerprint density at radius 3 is 2.52 bits per heavy atom. The lowest BCUT2D eigenvalue weighted by Crippen LogP contribution is -2.43. The number of hydrogen-bond acceptors (Lipinski definition) is 6. The topological polar surface area (TPSA) is 139 Å². The maximum atomic E-state index is 13.5. The lowest BCUT2D eigenvalue weighted by molar-refractivity contribution is -0.385. The van der Waals surface area contributed by atoms with Crippen LogP contribution in [0.25, 0.3) is 0 Å². The summed E-state index contributed by atoms with van der Waals surface area (Å²) < 4.78 is 13.5. The fourth-order valence-corrected chi connectivity index (χ4v) is 1.56. The van der Waals surface area contributed by atoms with E-state index in [0.29, 0.717) is 6.07 Å². The van der Waals surface area contributed by atoms with Gasteiger partial charge in [0.2, 0.25) is 5.91 Å². The fraction of sp³-hybridized carbons (Fsp3) is 0.273. The highest BCUT2D eigenvalue weighted by atomic mass is 19.1. The molecular weight excluding hydrogens is 285 g/mol. The first-order valence-electron chi connectivity index (χ1n) is 5.78. The van der Waals surface area contributed by atoms with E-state index >= 15 is 0 Å². The Morgan fingerprint density at radius 1 is 1.43 bits per heavy atom. The van der Waals surface area contributed by atoms with Crippen molar-refractivity contribution in [1.29, 1.82) is 0 Å². The minimum Gasteiger partial charge on any atom is -0.357 e. The van der Waals surface area contributed by atoms with Crippen LogP contribution in [0.4, 0.5) is 15.8 Å². The summed E-state index contributed by atoms with van der Waals surface area (Å²) >= 11 is 0. The molecule has 9 nitrogen and oxygen atoms in total. The van der Waals surface area contributed by atoms with Crippen molar-refractivity contribution in [2.75, 3.05) is 12.5 Å². The summed E-state index contributed by atoms with van der Waals surface area (Å²) in [4.78, 5) is 33.3. The molecule has 0 fully saturated rings. The lowest BCUT2D eigenvalue weighted by Gasteiger charge is -2.13. The third-order valence-electron chi connectivity index (χ3n) is 2.67. The van der Waals surface area contributed by atoms with Gasteiger partial charge in [-0.2, -0.15) is 0 Å². The minimum absolute atomic E-state index is 0.279. The summed E-state index contributed by atoms with van der Waals surface area (Å²) in [7, 11) is 1.38. The average molecular weight is 299 g/mol. The maximum absolute atomic E-state index is 13.5. The van der Waals surface area contributed by atoms with E-state index in [0.717, 1.165) is 6.07 Å². The van der Waals surface area contributed by atoms with Gasteiger partial charge >= 0.3 is 0 Å². The maximum Gasteiger partial charge on any atom is 0.285 e. The van der Waals surface area contributed by atoms with Gasteiger partial charge in [0, 0.05) is 7.05 Å². The van der Waals surface area contributed by atoms with Crippen LogP contribution in [0.3, 0.4) is 0 Å². The number of benzene rings is 1. The van der Waals surface area contributed by atoms with E-state index in [-0.39, 0.29) is 5.69 Å². The number of likely N-dealkylation sites (N-methyl/N-ethyl adjacent to an activating group) is 1. The first kappa shape index (κ1) is 16.3. The first-order chi connectivity index (χ1) is 9.81. The summed E-state index contributed by atoms with van der Waals surface area (Å²) in [5.41, 5.74) is 0.567. The highest BCUT2D eigenvalue weighted by Crippen LogP contribution is 2.25. The van der Waals surface area contributed by atoms with Crippen molar-refractivity contribution in [2.45, 2.75) is 13.0 Å². The normalized spacial score (nSPS) is 11.4. The molecule has 0 bridgehead atoms. The number of nitrogens with two attached hydrogens (primary N) is 1. The molecule has 10 heteroatoms. The molecule has 0 aromatic heterocycles. The molecule has 0 saturated carbocycles. The molecule has 0 aliphatic heterocycles. The van der Waals surface area contributed by atoms with Crippen LogP contribution in [0, 0.1) is 15.9 Å². The van der Waals surface area contributed by atoms with Gasteiger partial charge in [-0.15, -0.1) is 0 Å². The molecular formula is C11H14FN5O4. The van der Waals surface area contributed by atoms with Crippen LogP contribution < -0.4 is 21.9 Å². The van der Waals surface area contributed by atoms with Gasteiger partial charge in [-0.05, 0) is 13.0 Å². The van der Waals surface area contributed by atoms with Crippen molar-refractivity contribution in [2.24, 2.45) is 5.84 Å². The zero-order chi connectivity index (χ0) is 16.2. The SMILES string of the molecule is CNC(=O)C(C)NC(=O)c1cc(NN)c(F)cc1[N+](=O)[O-]. The van der Waals surface area contributed by atoms with Gasteiger partial charge in [-0.25, -0.2) is 4.39 Å². The van der Waals surface area contributed by atoms with E-state index in [9.17, 15) is 24.1 Å². The number of carbonyl (C=O) groups is 2. The molecule has 0 heterocycles. The molecule has 0 aliphatic rings. The summed E-state index contributed by atoms with van der Waals surface area (Å²) in [6.45, 7) is 1.40. The van der Waals surface area contributed by atoms with E-state index in [1.54, 1.807) is 0 Å². The summed E-state index contributed by atoms with van der Waals surface area (Å²) in [5, 5.41) is 15.5. The first-order valence-corrected chi connectivity index (χ1v) is 5.78. The second-order valence-corrected chi connectivity index (χ2v) is 4.06. The molecule has 0 aliphatic carbocycles. The number of nitrogens with zero attached hydrogens (tertiary/aromatic N) is 1. The number of carbonyl (C=O) groups excluding carboxylic acids is 2. The van der Waals surface area contributed by atoms with Crippen LogP contribution in [0.1, 0.15) is 17.3 Å². The lowest BCUT2D eigenvalue weighted by atomic mass is 10.1. The number of nitrogen functional groups attached to an aromatic ring is 1. The molecule has 2 amide bonds. The second kappa shape index (κ2) is 6.61. The Labute approximate surface area is 118 Å². The van der Waals surface area contributed by atoms with Gasteiger partial charge in [0.15, 0.2) is 5.82 Å². The van der Waals surface area contributed by atoms with E-state index in [2.05, 4.69) is 10.6 Å². The summed E-state index contributed by atoms with van der Waals surface area (Å²) in [6, 6.07) is 0.565. The minimum atomic E-state index is -0.972. The van der Waals surface area contributed by atoms with Gasteiger partial charge in [-0.3, -0.25) is 25.5 Å². The number of nitro groups is 1. The van der Waals surface area contributed by atoms with Gasteiger partial charge < -0.3 is 16.1 Å². The van der Waals surface area contributed by atoms with Crippen LogP contribution in [0.2, 0.25) is 0 Å². The predicted octanol–water partition coefficient (Wildman–Crippen LogP) is -0.116. The van der Waals surface area contributed by atoms with Crippen molar-refractivity contribution in [3.8, 4) is 0 Å². The van der Waals surface area contributed by atoms with E-state index in [1.807, 2.05) is 5.43 Å². The van der Waals surface area contributed by atoms with Crippen LogP contribution >= 0.6 is 0 Å². The third kappa shape index (κ3) is 3.63. The number of nitrogens with one attached hydrogen (secondary N) is 3. The molecule has 114 valence electrons. The number of hydrazine groups is 1. The predicted molar refractivity (Wildman–Crippen MR) is 71.9 cm³/mol. The third-order valence-corrected chi connectivity index (χ3v) is 2.67. The van der Waals surface area contributed by atoms with Gasteiger partial charge in [0.05, 0.1) is 16.7 Å². The van der Waals surface area contributed by atoms with Crippen LogP contribution in [0.15, 0.2) is 12.1 Å². The van der Waals surface area contributed by atoms with E-state index < -0.39 is 39.8 Å². The molecule has 1 aromatic rings. The Hall–Kier alpha value is -2.75. The Bertz CT molecular complexity index is 592. The molecule has 1 unspecified atom stereocenters. The quantitative estimate of drug-likeness (QED) is 0.339. The molecule has 0 saturated heterocycles. The van der Waals surface area contributed by atoms with Crippen molar-refractivity contribution in [3.63, 3.8) is 0 Å². The average Bonchev–Trinajstić information content (AvgIpc) is 2.45. The number of halogens is 1. The Balaban J connectivity index is 3.18. The van der Waals surface area contributed by atoms with Crippen molar-refractivity contribution < 1.29 is 18.9 Å². The number of amides is 2. The number of nitro benzene ring substituents is 1. The van der Waals surface area contributed by atoms with Gasteiger partial charge in [-0.1, -0.05) is 0 Å². The van der Waals surface area contributed by atoms with Crippen molar-refractivity contribution in [3.05, 3.63) is 33.6 Å². The van der Waals surface area contributed by atoms with E-state index in [1.165, 1.54) is 14.0 Å². The number of rotatable bonds is 5. The van der Waals surface area contributed by atoms with Crippen LogP contribution in [0.5, 0.6) is 0 Å². The highest BCUT2D eigenvalue weighted by molar-refractivity contribution is 6.01. The van der Waals surface area contributed by atoms with E-state index in [4.69, 9.17) is 5.84 Å². The van der Waals surface area contributed by atoms with Crippen molar-refractivity contribution in [1.82, 2.24) is 10.6 Å². The molecule has 1 aromatic carbocycles. The number of hydrogen-bond donors (Lipinski definition) is 4. The number of anilines is 1. The van der Waals surface area contributed by atoms with Gasteiger partial charge in [0.1, 0.15) is 11.6 Å². The summed E-state index contributed by atoms with van der Waals surface area (Å²) in [5.74, 6) is 2.71. The molecule has 0 spiro atoms.